The summed E-state index contributed by atoms with van der Waals surface area (Å²) < 4.78 is 68.8. The zero-order chi connectivity index (χ0) is 75.1. The first-order chi connectivity index (χ1) is 49.2. The van der Waals surface area contributed by atoms with Crippen LogP contribution in [0.5, 0.6) is 0 Å². The van der Waals surface area contributed by atoms with Gasteiger partial charge in [0.15, 0.2) is 12.2 Å². The molecule has 0 radical (unpaired) electrons. The molecule has 0 bridgehead atoms. The van der Waals surface area contributed by atoms with Crippen molar-refractivity contribution in [2.75, 3.05) is 39.6 Å². The van der Waals surface area contributed by atoms with Gasteiger partial charge in [0.05, 0.1) is 26.4 Å². The Labute approximate surface area is 626 Å². The molecular weight excluding hydrogens is 1330 g/mol. The first-order valence-electron chi connectivity index (χ1n) is 42.8. The van der Waals surface area contributed by atoms with E-state index in [0.717, 1.165) is 108 Å². The average Bonchev–Trinajstić information content (AvgIpc) is 0.908. The number of esters is 4. The molecule has 0 rings (SSSR count). The van der Waals surface area contributed by atoms with Crippen molar-refractivity contribution in [3.63, 3.8) is 0 Å². The lowest BCUT2D eigenvalue weighted by atomic mass is 10.0. The largest absolute Gasteiger partial charge is 0.472 e. The predicted molar refractivity (Wildman–Crippen MR) is 418 cm³/mol. The summed E-state index contributed by atoms with van der Waals surface area (Å²) >= 11 is 0. The highest BCUT2D eigenvalue weighted by Gasteiger charge is 2.30. The van der Waals surface area contributed by atoms with Crippen LogP contribution in [0.3, 0.4) is 0 Å². The van der Waals surface area contributed by atoms with E-state index in [1.807, 2.05) is 0 Å². The standard InChI is InChI=1S/C83H162O17P2/c1-8-9-10-11-12-13-14-15-16-17-18-19-20-25-30-37-45-52-59-66-82(87)99-78(70-93-80(85)64-57-50-43-36-29-24-22-21-23-27-33-40-47-54-61-74(2)3)72-97-101(89,90)95-68-77(84)69-96-102(91,92)98-73-79(71-94-81(86)65-58-51-44-39-32-35-42-49-56-63-76(6)7)100-83(88)67-60-53-46-38-31-26-28-34-41-48-55-62-75(4)5/h74-79,84H,8-73H2,1-7H3,(H,89,90)(H,91,92)/t77-,78-,79-/m1/s1. The Morgan fingerprint density at radius 1 is 0.265 bits per heavy atom. The Bertz CT molecular complexity index is 1970. The van der Waals surface area contributed by atoms with Crippen LogP contribution in [0.4, 0.5) is 0 Å². The average molecular weight is 1490 g/mol. The van der Waals surface area contributed by atoms with Gasteiger partial charge in [-0.2, -0.15) is 0 Å². The van der Waals surface area contributed by atoms with E-state index < -0.39 is 97.5 Å². The summed E-state index contributed by atoms with van der Waals surface area (Å²) in [6, 6.07) is 0. The monoisotopic (exact) mass is 1490 g/mol. The fraction of sp³-hybridized carbons (Fsp3) is 0.952. The van der Waals surface area contributed by atoms with Crippen molar-refractivity contribution in [2.45, 2.75) is 452 Å². The topological polar surface area (TPSA) is 237 Å². The molecule has 0 saturated heterocycles. The first-order valence-corrected chi connectivity index (χ1v) is 45.8. The predicted octanol–water partition coefficient (Wildman–Crippen LogP) is 24.9. The third kappa shape index (κ3) is 76.3. The minimum atomic E-state index is -4.96. The molecule has 19 heteroatoms. The summed E-state index contributed by atoms with van der Waals surface area (Å²) in [4.78, 5) is 73.1. The molecule has 0 fully saturated rings. The number of unbranched alkanes of at least 4 members (excludes halogenated alkanes) is 49. The van der Waals surface area contributed by atoms with Gasteiger partial charge in [-0.3, -0.25) is 37.3 Å². The molecule has 0 aromatic carbocycles. The van der Waals surface area contributed by atoms with Gasteiger partial charge in [-0.15, -0.1) is 0 Å². The van der Waals surface area contributed by atoms with E-state index in [2.05, 4.69) is 48.5 Å². The molecule has 0 amide bonds. The number of hydrogen-bond acceptors (Lipinski definition) is 15. The van der Waals surface area contributed by atoms with Gasteiger partial charge in [-0.25, -0.2) is 9.13 Å². The molecule has 0 spiro atoms. The number of aliphatic hydroxyl groups is 1. The molecular formula is C83H162O17P2. The lowest BCUT2D eigenvalue weighted by molar-refractivity contribution is -0.161. The number of carbonyl (C=O) groups is 4. The highest BCUT2D eigenvalue weighted by Crippen LogP contribution is 2.45. The zero-order valence-corrected chi connectivity index (χ0v) is 68.9. The first kappa shape index (κ1) is 100. The fourth-order valence-corrected chi connectivity index (χ4v) is 14.4. The minimum Gasteiger partial charge on any atom is -0.462 e. The van der Waals surface area contributed by atoms with E-state index in [9.17, 15) is 43.2 Å². The number of rotatable bonds is 81. The van der Waals surface area contributed by atoms with Gasteiger partial charge in [-0.05, 0) is 43.4 Å². The van der Waals surface area contributed by atoms with Crippen LogP contribution in [-0.4, -0.2) is 96.7 Å². The van der Waals surface area contributed by atoms with E-state index in [4.69, 9.17) is 37.0 Å². The van der Waals surface area contributed by atoms with Crippen LogP contribution in [0, 0.1) is 17.8 Å². The number of phosphoric ester groups is 2. The Kier molecular flexibility index (Phi) is 71.8. The highest BCUT2D eigenvalue weighted by atomic mass is 31.2. The van der Waals surface area contributed by atoms with Gasteiger partial charge in [0.1, 0.15) is 19.3 Å². The van der Waals surface area contributed by atoms with Gasteiger partial charge in [0.25, 0.3) is 0 Å². The summed E-state index contributed by atoms with van der Waals surface area (Å²) in [5, 5.41) is 10.7. The van der Waals surface area contributed by atoms with Crippen molar-refractivity contribution in [3.05, 3.63) is 0 Å². The summed E-state index contributed by atoms with van der Waals surface area (Å²) in [7, 11) is -9.93. The maximum atomic E-state index is 13.1. The molecule has 0 heterocycles. The van der Waals surface area contributed by atoms with Crippen molar-refractivity contribution in [1.29, 1.82) is 0 Å². The van der Waals surface area contributed by atoms with Gasteiger partial charge < -0.3 is 33.8 Å². The Hall–Kier alpha value is -1.94. The Balaban J connectivity index is 5.26. The lowest BCUT2D eigenvalue weighted by Crippen LogP contribution is -2.30. The Morgan fingerprint density at radius 3 is 0.667 bits per heavy atom. The van der Waals surface area contributed by atoms with Gasteiger partial charge >= 0.3 is 39.5 Å². The molecule has 606 valence electrons. The van der Waals surface area contributed by atoms with Crippen LogP contribution in [-0.2, 0) is 65.4 Å². The SMILES string of the molecule is CCCCCCCCCCCCCCCCCCCCCC(=O)O[C@H](COC(=O)CCCCCCCCCCCCCCCCC(C)C)COP(=O)(O)OC[C@@H](O)COP(=O)(O)OC[C@@H](COC(=O)CCCCCCCCCCCC(C)C)OC(=O)CCCCCCCCCCCCCC(C)C. The molecule has 0 aromatic rings. The maximum Gasteiger partial charge on any atom is 0.472 e. The number of hydrogen-bond donors (Lipinski definition) is 3. The number of aliphatic hydroxyl groups excluding tert-OH is 1. The summed E-state index contributed by atoms with van der Waals surface area (Å²) in [6.07, 6.45) is 62.4. The molecule has 17 nitrogen and oxygen atoms in total. The zero-order valence-electron chi connectivity index (χ0n) is 67.1. The summed E-state index contributed by atoms with van der Waals surface area (Å²) in [6.45, 7) is 12.0. The lowest BCUT2D eigenvalue weighted by Gasteiger charge is -2.21. The van der Waals surface area contributed by atoms with E-state index in [1.165, 1.54) is 244 Å². The molecule has 0 aromatic heterocycles. The second kappa shape index (κ2) is 73.2. The van der Waals surface area contributed by atoms with Crippen LogP contribution in [0.25, 0.3) is 0 Å². The maximum absolute atomic E-state index is 13.1. The Morgan fingerprint density at radius 2 is 0.451 bits per heavy atom. The molecule has 0 aliphatic rings. The smallest absolute Gasteiger partial charge is 0.462 e. The van der Waals surface area contributed by atoms with Crippen LogP contribution in [0.2, 0.25) is 0 Å². The van der Waals surface area contributed by atoms with Gasteiger partial charge in [0, 0.05) is 25.7 Å². The van der Waals surface area contributed by atoms with Crippen LogP contribution >= 0.6 is 15.6 Å². The van der Waals surface area contributed by atoms with Crippen LogP contribution < -0.4 is 0 Å². The molecule has 102 heavy (non-hydrogen) atoms. The third-order valence-electron chi connectivity index (χ3n) is 19.4. The van der Waals surface area contributed by atoms with Crippen molar-refractivity contribution < 1.29 is 80.2 Å². The van der Waals surface area contributed by atoms with Crippen molar-refractivity contribution in [1.82, 2.24) is 0 Å². The number of ether oxygens (including phenoxy) is 4. The summed E-state index contributed by atoms with van der Waals surface area (Å²) in [5.41, 5.74) is 0. The van der Waals surface area contributed by atoms with Crippen LogP contribution in [0.1, 0.15) is 434 Å². The fourth-order valence-electron chi connectivity index (χ4n) is 12.8. The van der Waals surface area contributed by atoms with Crippen LogP contribution in [0.15, 0.2) is 0 Å². The minimum absolute atomic E-state index is 0.106. The van der Waals surface area contributed by atoms with E-state index in [-0.39, 0.29) is 25.7 Å². The van der Waals surface area contributed by atoms with Gasteiger partial charge in [0.2, 0.25) is 0 Å². The summed E-state index contributed by atoms with van der Waals surface area (Å²) in [5.74, 6) is 0.200. The van der Waals surface area contributed by atoms with E-state index in [0.29, 0.717) is 25.7 Å². The molecule has 2 unspecified atom stereocenters. The van der Waals surface area contributed by atoms with Crippen molar-refractivity contribution in [2.24, 2.45) is 17.8 Å². The van der Waals surface area contributed by atoms with Crippen molar-refractivity contribution >= 4 is 39.5 Å². The quantitative estimate of drug-likeness (QED) is 0.0222. The molecule has 5 atom stereocenters. The molecule has 0 aliphatic heterocycles. The van der Waals surface area contributed by atoms with Crippen molar-refractivity contribution in [3.8, 4) is 0 Å². The normalized spacial score (nSPS) is 13.9. The molecule has 3 N–H and O–H groups in total. The number of carbonyl (C=O) groups excluding carboxylic acids is 4. The molecule has 0 saturated carbocycles. The second-order valence-corrected chi connectivity index (χ2v) is 34.2. The van der Waals surface area contributed by atoms with E-state index in [1.54, 1.807) is 0 Å². The highest BCUT2D eigenvalue weighted by molar-refractivity contribution is 7.47. The third-order valence-corrected chi connectivity index (χ3v) is 21.3. The molecule has 0 aliphatic carbocycles. The number of phosphoric acid groups is 2. The second-order valence-electron chi connectivity index (χ2n) is 31.3. The van der Waals surface area contributed by atoms with Gasteiger partial charge in [-0.1, -0.05) is 382 Å². The van der Waals surface area contributed by atoms with E-state index >= 15 is 0 Å².